The van der Waals surface area contributed by atoms with Crippen LogP contribution < -0.4 is 20.3 Å². The number of rotatable bonds is 9. The number of carbonyl (C=O) groups excluding carboxylic acids is 3. The van der Waals surface area contributed by atoms with Crippen LogP contribution in [0.1, 0.15) is 52.0 Å². The Hall–Kier alpha value is -4.62. The van der Waals surface area contributed by atoms with E-state index in [-0.39, 0.29) is 11.7 Å². The number of ether oxygens (including phenoxy) is 3. The van der Waals surface area contributed by atoms with Gasteiger partial charge in [-0.2, -0.15) is 13.2 Å². The molecular formula is C32H37F3N4O7. The molecule has 0 saturated heterocycles. The first-order chi connectivity index (χ1) is 21.7. The number of aromatic nitrogens is 2. The van der Waals surface area contributed by atoms with Gasteiger partial charge in [-0.05, 0) is 58.1 Å². The van der Waals surface area contributed by atoms with Crippen LogP contribution in [0.3, 0.4) is 0 Å². The van der Waals surface area contributed by atoms with Crippen LogP contribution in [0.4, 0.5) is 18.0 Å². The van der Waals surface area contributed by atoms with Gasteiger partial charge in [-0.3, -0.25) is 19.0 Å². The van der Waals surface area contributed by atoms with Crippen LogP contribution in [0.2, 0.25) is 0 Å². The Morgan fingerprint density at radius 3 is 2.30 bits per heavy atom. The molecule has 1 saturated carbocycles. The molecule has 14 heteroatoms. The molecule has 248 valence electrons. The van der Waals surface area contributed by atoms with Gasteiger partial charge in [0.05, 0.1) is 37.0 Å². The van der Waals surface area contributed by atoms with Gasteiger partial charge in [-0.15, -0.1) is 0 Å². The van der Waals surface area contributed by atoms with Crippen molar-refractivity contribution in [2.45, 2.75) is 70.9 Å². The molecule has 1 aromatic heterocycles. The summed E-state index contributed by atoms with van der Waals surface area (Å²) in [6, 6.07) is 12.7. The van der Waals surface area contributed by atoms with Crippen molar-refractivity contribution in [3.05, 3.63) is 64.7 Å². The van der Waals surface area contributed by atoms with Crippen LogP contribution in [0.15, 0.2) is 53.6 Å². The van der Waals surface area contributed by atoms with Crippen molar-refractivity contribution >= 4 is 28.8 Å². The summed E-state index contributed by atoms with van der Waals surface area (Å²) in [5.41, 5.74) is 0.180. The topological polar surface area (TPSA) is 129 Å². The minimum Gasteiger partial charge on any atom is -0.493 e. The second-order valence-corrected chi connectivity index (χ2v) is 12.0. The van der Waals surface area contributed by atoms with Gasteiger partial charge in [0.2, 0.25) is 5.91 Å². The van der Waals surface area contributed by atoms with Crippen molar-refractivity contribution in [1.29, 1.82) is 0 Å². The van der Waals surface area contributed by atoms with E-state index in [4.69, 9.17) is 14.2 Å². The second-order valence-electron chi connectivity index (χ2n) is 12.0. The smallest absolute Gasteiger partial charge is 0.471 e. The maximum atomic E-state index is 13.4. The van der Waals surface area contributed by atoms with Gasteiger partial charge in [0.25, 0.3) is 5.56 Å². The van der Waals surface area contributed by atoms with Crippen LogP contribution in [-0.2, 0) is 20.9 Å². The van der Waals surface area contributed by atoms with E-state index in [0.717, 1.165) is 10.5 Å². The minimum atomic E-state index is -5.10. The van der Waals surface area contributed by atoms with Gasteiger partial charge in [0.1, 0.15) is 5.60 Å². The molecule has 46 heavy (non-hydrogen) atoms. The van der Waals surface area contributed by atoms with Gasteiger partial charge in [0, 0.05) is 25.1 Å². The molecule has 4 rings (SSSR count). The van der Waals surface area contributed by atoms with Crippen molar-refractivity contribution in [2.24, 2.45) is 5.92 Å². The lowest BCUT2D eigenvalue weighted by Gasteiger charge is -2.32. The highest BCUT2D eigenvalue weighted by Gasteiger charge is 2.39. The van der Waals surface area contributed by atoms with Crippen molar-refractivity contribution in [2.75, 3.05) is 20.2 Å². The summed E-state index contributed by atoms with van der Waals surface area (Å²) in [7, 11) is 1.47. The third-order valence-corrected chi connectivity index (χ3v) is 7.38. The number of nitrogens with zero attached hydrogens (tertiary/aromatic N) is 3. The molecule has 0 spiro atoms. The molecule has 0 aliphatic heterocycles. The predicted molar refractivity (Wildman–Crippen MR) is 161 cm³/mol. The molecule has 1 heterocycles. The van der Waals surface area contributed by atoms with Gasteiger partial charge >= 0.3 is 18.2 Å². The van der Waals surface area contributed by atoms with E-state index in [1.54, 1.807) is 38.2 Å². The SMILES string of the molecule is COc1cc2ncn(Cc3ccccc3)c(=O)c2cc1O[C@H]1CC[C@@H](C(=O)N(CCNC(=O)C(F)(F)F)C(=O)OC(C)(C)C)CC1. The van der Waals surface area contributed by atoms with E-state index >= 15 is 0 Å². The summed E-state index contributed by atoms with van der Waals surface area (Å²) in [6.45, 7) is 4.05. The Kier molecular flexibility index (Phi) is 10.6. The number of methoxy groups -OCH3 is 1. The van der Waals surface area contributed by atoms with Crippen molar-refractivity contribution in [1.82, 2.24) is 19.8 Å². The van der Waals surface area contributed by atoms with Crippen LogP contribution in [-0.4, -0.2) is 70.4 Å². The maximum Gasteiger partial charge on any atom is 0.471 e. The zero-order chi connectivity index (χ0) is 33.6. The van der Waals surface area contributed by atoms with Gasteiger partial charge in [0.15, 0.2) is 11.5 Å². The summed E-state index contributed by atoms with van der Waals surface area (Å²) < 4.78 is 56.4. The molecule has 0 atom stereocenters. The highest BCUT2D eigenvalue weighted by molar-refractivity contribution is 5.93. The predicted octanol–water partition coefficient (Wildman–Crippen LogP) is 4.83. The second kappa shape index (κ2) is 14.2. The number of amides is 3. The summed E-state index contributed by atoms with van der Waals surface area (Å²) in [5, 5.41) is 2.03. The lowest BCUT2D eigenvalue weighted by Crippen LogP contribution is -2.49. The lowest BCUT2D eigenvalue weighted by atomic mass is 9.86. The average molecular weight is 647 g/mol. The molecule has 3 aromatic rings. The lowest BCUT2D eigenvalue weighted by molar-refractivity contribution is -0.173. The number of nitrogens with one attached hydrogen (secondary N) is 1. The Morgan fingerprint density at radius 2 is 1.70 bits per heavy atom. The third-order valence-electron chi connectivity index (χ3n) is 7.38. The largest absolute Gasteiger partial charge is 0.493 e. The fraction of sp³-hybridized carbons (Fsp3) is 0.469. The van der Waals surface area contributed by atoms with E-state index in [1.807, 2.05) is 30.3 Å². The average Bonchev–Trinajstić information content (AvgIpc) is 3.00. The number of halogens is 3. The van der Waals surface area contributed by atoms with Crippen LogP contribution >= 0.6 is 0 Å². The minimum absolute atomic E-state index is 0.246. The summed E-state index contributed by atoms with van der Waals surface area (Å²) in [6.07, 6.45) is -3.50. The molecular weight excluding hydrogens is 609 g/mol. The zero-order valence-corrected chi connectivity index (χ0v) is 26.1. The van der Waals surface area contributed by atoms with E-state index in [9.17, 15) is 32.3 Å². The first-order valence-electron chi connectivity index (χ1n) is 14.8. The fourth-order valence-electron chi connectivity index (χ4n) is 5.13. The van der Waals surface area contributed by atoms with Crippen LogP contribution in [0, 0.1) is 5.92 Å². The Morgan fingerprint density at radius 1 is 1.02 bits per heavy atom. The van der Waals surface area contributed by atoms with Gasteiger partial charge in [-0.1, -0.05) is 30.3 Å². The number of hydrogen-bond donors (Lipinski definition) is 1. The zero-order valence-electron chi connectivity index (χ0n) is 26.1. The summed E-state index contributed by atoms with van der Waals surface area (Å²) in [5.74, 6) is -2.68. The molecule has 1 aliphatic rings. The summed E-state index contributed by atoms with van der Waals surface area (Å²) >= 11 is 0. The highest BCUT2D eigenvalue weighted by Crippen LogP contribution is 2.35. The molecule has 1 fully saturated rings. The number of imide groups is 1. The monoisotopic (exact) mass is 646 g/mol. The number of alkyl halides is 3. The molecule has 1 aliphatic carbocycles. The van der Waals surface area contributed by atoms with Gasteiger partial charge in [-0.25, -0.2) is 14.7 Å². The number of carbonyl (C=O) groups is 3. The number of fused-ring (bicyclic) bond motifs is 1. The molecule has 0 bridgehead atoms. The van der Waals surface area contributed by atoms with Crippen LogP contribution in [0.25, 0.3) is 10.9 Å². The number of hydrogen-bond acceptors (Lipinski definition) is 8. The highest BCUT2D eigenvalue weighted by atomic mass is 19.4. The Bertz CT molecular complexity index is 1610. The Labute approximate surface area is 263 Å². The molecule has 3 amide bonds. The standard InChI is InChI=1S/C32H37F3N4O7/c1-31(2,3)46-30(43)39(15-14-36-29(42)32(33,34)35)27(40)21-10-12-22(13-11-21)45-26-16-23-24(17-25(26)44-4)37-19-38(28(23)41)18-20-8-6-5-7-9-20/h5-9,16-17,19,21-22H,10-15,18H2,1-4H3,(H,36,42)/t21-,22+. The first kappa shape index (κ1) is 34.3. The van der Waals surface area contributed by atoms with Gasteiger partial charge < -0.3 is 19.5 Å². The summed E-state index contributed by atoms with van der Waals surface area (Å²) in [4.78, 5) is 56.0. The Balaban J connectivity index is 1.44. The normalized spacial score (nSPS) is 16.8. The molecule has 1 N–H and O–H groups in total. The van der Waals surface area contributed by atoms with Crippen molar-refractivity contribution in [3.63, 3.8) is 0 Å². The van der Waals surface area contributed by atoms with Crippen molar-refractivity contribution < 1.29 is 41.8 Å². The van der Waals surface area contributed by atoms with Crippen LogP contribution in [0.5, 0.6) is 11.5 Å². The maximum absolute atomic E-state index is 13.4. The molecule has 2 aromatic carbocycles. The first-order valence-corrected chi connectivity index (χ1v) is 14.8. The number of benzene rings is 2. The fourth-order valence-corrected chi connectivity index (χ4v) is 5.13. The third kappa shape index (κ3) is 8.76. The van der Waals surface area contributed by atoms with E-state index < -0.39 is 48.7 Å². The van der Waals surface area contributed by atoms with Crippen molar-refractivity contribution in [3.8, 4) is 11.5 Å². The van der Waals surface area contributed by atoms with E-state index in [2.05, 4.69) is 4.98 Å². The quantitative estimate of drug-likeness (QED) is 0.350. The van der Waals surface area contributed by atoms with E-state index in [0.29, 0.717) is 54.6 Å². The van der Waals surface area contributed by atoms with E-state index in [1.165, 1.54) is 18.0 Å². The molecule has 11 nitrogen and oxygen atoms in total. The molecule has 0 unspecified atom stereocenters. The molecule has 0 radical (unpaired) electrons.